The van der Waals surface area contributed by atoms with Crippen LogP contribution in [0, 0.1) is 10.1 Å². The molecule has 0 fully saturated rings. The maximum absolute atomic E-state index is 13.2. The van der Waals surface area contributed by atoms with Gasteiger partial charge in [-0.1, -0.05) is 31.4 Å². The maximum atomic E-state index is 13.2. The second-order valence-electron chi connectivity index (χ2n) is 10.3. The Morgan fingerprint density at radius 2 is 1.56 bits per heavy atom. The zero-order valence-corrected chi connectivity index (χ0v) is 22.4. The fourth-order valence-electron chi connectivity index (χ4n) is 4.43. The minimum Gasteiger partial charge on any atom is -0.466 e. The zero-order chi connectivity index (χ0) is 26.9. The molecule has 0 saturated carbocycles. The number of non-ortho nitro benzene ring substituents is 1. The second kappa shape index (κ2) is 13.2. The van der Waals surface area contributed by atoms with Crippen LogP contribution in [-0.2, 0) is 19.1 Å². The van der Waals surface area contributed by atoms with Gasteiger partial charge in [0.15, 0.2) is 0 Å². The zero-order valence-electron chi connectivity index (χ0n) is 22.4. The number of nitrogens with zero attached hydrogens (tertiary/aromatic N) is 2. The van der Waals surface area contributed by atoms with Gasteiger partial charge >= 0.3 is 11.9 Å². The SMILES string of the molecule is COC(=O)C1=C(C)NC(C)=C(C(=O)OCCCCCCCC[N+](C)(C)C)C1c1cccc([N+](=O)[O-])c1. The molecule has 1 unspecified atom stereocenters. The van der Waals surface area contributed by atoms with Crippen molar-refractivity contribution >= 4 is 17.6 Å². The lowest BCUT2D eigenvalue weighted by atomic mass is 9.80. The van der Waals surface area contributed by atoms with E-state index >= 15 is 0 Å². The van der Waals surface area contributed by atoms with Gasteiger partial charge in [-0.15, -0.1) is 0 Å². The van der Waals surface area contributed by atoms with Crippen LogP contribution in [0.5, 0.6) is 0 Å². The summed E-state index contributed by atoms with van der Waals surface area (Å²) in [6.45, 7) is 4.87. The van der Waals surface area contributed by atoms with Crippen LogP contribution in [0.1, 0.15) is 63.9 Å². The Bertz CT molecular complexity index is 1020. The summed E-state index contributed by atoms with van der Waals surface area (Å²) in [6, 6.07) is 5.96. The van der Waals surface area contributed by atoms with Crippen molar-refractivity contribution < 1.29 is 28.5 Å². The van der Waals surface area contributed by atoms with Crippen LogP contribution in [0.2, 0.25) is 0 Å². The number of esters is 2. The van der Waals surface area contributed by atoms with E-state index in [2.05, 4.69) is 26.5 Å². The number of nitrogens with one attached hydrogen (secondary N) is 1. The van der Waals surface area contributed by atoms with Crippen LogP contribution in [0.25, 0.3) is 0 Å². The molecule has 1 atom stereocenters. The van der Waals surface area contributed by atoms with E-state index in [1.807, 2.05) is 0 Å². The molecule has 2 rings (SSSR count). The number of allylic oxidation sites excluding steroid dienone is 2. The van der Waals surface area contributed by atoms with Crippen LogP contribution in [0.4, 0.5) is 5.69 Å². The number of methoxy groups -OCH3 is 1. The summed E-state index contributed by atoms with van der Waals surface area (Å²) < 4.78 is 11.6. The van der Waals surface area contributed by atoms with E-state index in [4.69, 9.17) is 9.47 Å². The van der Waals surface area contributed by atoms with Crippen molar-refractivity contribution in [1.82, 2.24) is 5.32 Å². The van der Waals surface area contributed by atoms with E-state index in [-0.39, 0.29) is 23.4 Å². The summed E-state index contributed by atoms with van der Waals surface area (Å²) in [5, 5.41) is 14.4. The molecule has 1 aliphatic heterocycles. The predicted molar refractivity (Wildman–Crippen MR) is 138 cm³/mol. The Hall–Kier alpha value is -3.20. The lowest BCUT2D eigenvalue weighted by Crippen LogP contribution is -2.35. The van der Waals surface area contributed by atoms with Crippen molar-refractivity contribution in [1.29, 1.82) is 0 Å². The number of ether oxygens (including phenoxy) is 2. The normalized spacial score (nSPS) is 16.0. The number of carbonyl (C=O) groups is 2. The standard InChI is InChI=1S/C27H39N3O6/c1-19-23(26(31)35-6)25(21-14-13-15-22(18-21)29(33)34)24(20(2)28-19)27(32)36-17-12-10-8-7-9-11-16-30(3,4)5/h13-15,18,25H,7-12,16-17H2,1-6H3/p+1. The number of quaternary nitrogens is 1. The lowest BCUT2D eigenvalue weighted by Gasteiger charge is -2.30. The molecule has 0 aromatic heterocycles. The van der Waals surface area contributed by atoms with Crippen molar-refractivity contribution in [3.63, 3.8) is 0 Å². The Labute approximate surface area is 213 Å². The first-order valence-electron chi connectivity index (χ1n) is 12.4. The third-order valence-electron chi connectivity index (χ3n) is 6.26. The molecule has 9 heteroatoms. The summed E-state index contributed by atoms with van der Waals surface area (Å²) in [5.74, 6) is -2.00. The largest absolute Gasteiger partial charge is 0.466 e. The number of rotatable bonds is 13. The molecule has 0 radical (unpaired) electrons. The summed E-state index contributed by atoms with van der Waals surface area (Å²) in [5.41, 5.74) is 1.87. The molecule has 1 heterocycles. The molecule has 1 aliphatic rings. The Kier molecular flexibility index (Phi) is 10.6. The van der Waals surface area contributed by atoms with E-state index in [0.29, 0.717) is 17.0 Å². The number of hydrogen-bond acceptors (Lipinski definition) is 7. The molecule has 0 bridgehead atoms. The van der Waals surface area contributed by atoms with Crippen LogP contribution in [0.15, 0.2) is 46.8 Å². The van der Waals surface area contributed by atoms with E-state index in [0.717, 1.165) is 36.7 Å². The smallest absolute Gasteiger partial charge is 0.336 e. The van der Waals surface area contributed by atoms with Gasteiger partial charge in [0, 0.05) is 23.5 Å². The van der Waals surface area contributed by atoms with Gasteiger partial charge in [0.05, 0.1) is 63.4 Å². The van der Waals surface area contributed by atoms with Crippen LogP contribution < -0.4 is 5.32 Å². The first-order chi connectivity index (χ1) is 17.0. The van der Waals surface area contributed by atoms with E-state index in [1.54, 1.807) is 26.0 Å². The first kappa shape index (κ1) is 29.0. The first-order valence-corrected chi connectivity index (χ1v) is 12.4. The van der Waals surface area contributed by atoms with Crippen molar-refractivity contribution in [3.05, 3.63) is 62.5 Å². The minimum atomic E-state index is -0.840. The molecule has 9 nitrogen and oxygen atoms in total. The van der Waals surface area contributed by atoms with E-state index in [9.17, 15) is 19.7 Å². The number of benzene rings is 1. The summed E-state index contributed by atoms with van der Waals surface area (Å²) in [4.78, 5) is 36.8. The van der Waals surface area contributed by atoms with Crippen molar-refractivity contribution in [2.75, 3.05) is 41.4 Å². The Morgan fingerprint density at radius 1 is 0.972 bits per heavy atom. The Morgan fingerprint density at radius 3 is 2.14 bits per heavy atom. The van der Waals surface area contributed by atoms with Gasteiger partial charge in [-0.2, -0.15) is 0 Å². The number of nitro groups is 1. The van der Waals surface area contributed by atoms with Gasteiger partial charge in [-0.25, -0.2) is 9.59 Å². The number of unbranched alkanes of at least 4 members (excludes halogenated alkanes) is 5. The molecule has 1 aromatic carbocycles. The van der Waals surface area contributed by atoms with Gasteiger partial charge in [0.25, 0.3) is 5.69 Å². The third kappa shape index (κ3) is 8.19. The van der Waals surface area contributed by atoms with Crippen LogP contribution in [-0.4, -0.2) is 62.7 Å². The molecule has 0 aliphatic carbocycles. The quantitative estimate of drug-likeness (QED) is 0.138. The summed E-state index contributed by atoms with van der Waals surface area (Å²) >= 11 is 0. The minimum absolute atomic E-state index is 0.125. The monoisotopic (exact) mass is 502 g/mol. The average Bonchev–Trinajstić information content (AvgIpc) is 2.81. The molecule has 0 spiro atoms. The highest BCUT2D eigenvalue weighted by Gasteiger charge is 2.38. The van der Waals surface area contributed by atoms with Gasteiger partial charge in [-0.05, 0) is 38.7 Å². The van der Waals surface area contributed by atoms with E-state index < -0.39 is 22.8 Å². The van der Waals surface area contributed by atoms with Gasteiger partial charge in [-0.3, -0.25) is 10.1 Å². The van der Waals surface area contributed by atoms with Crippen LogP contribution >= 0.6 is 0 Å². The van der Waals surface area contributed by atoms with E-state index in [1.165, 1.54) is 32.1 Å². The number of nitro benzene ring substituents is 1. The molecule has 1 N–H and O–H groups in total. The molecule has 0 amide bonds. The molecule has 0 saturated heterocycles. The third-order valence-corrected chi connectivity index (χ3v) is 6.26. The fourth-order valence-corrected chi connectivity index (χ4v) is 4.43. The molecule has 198 valence electrons. The van der Waals surface area contributed by atoms with Crippen LogP contribution in [0.3, 0.4) is 0 Å². The topological polar surface area (TPSA) is 108 Å². The van der Waals surface area contributed by atoms with Gasteiger partial charge in [0.2, 0.25) is 0 Å². The lowest BCUT2D eigenvalue weighted by molar-refractivity contribution is -0.870. The number of carbonyl (C=O) groups excluding carboxylic acids is 2. The Balaban J connectivity index is 2.09. The average molecular weight is 503 g/mol. The van der Waals surface area contributed by atoms with Gasteiger partial charge in [0.1, 0.15) is 0 Å². The van der Waals surface area contributed by atoms with Gasteiger partial charge < -0.3 is 19.3 Å². The maximum Gasteiger partial charge on any atom is 0.336 e. The van der Waals surface area contributed by atoms with Crippen molar-refractivity contribution in [3.8, 4) is 0 Å². The predicted octanol–water partition coefficient (Wildman–Crippen LogP) is 4.59. The number of dihydropyridines is 1. The van der Waals surface area contributed by atoms with Crippen molar-refractivity contribution in [2.24, 2.45) is 0 Å². The number of hydrogen-bond donors (Lipinski definition) is 1. The fraction of sp³-hybridized carbons (Fsp3) is 0.556. The molecular weight excluding hydrogens is 462 g/mol. The van der Waals surface area contributed by atoms with Crippen molar-refractivity contribution in [2.45, 2.75) is 58.3 Å². The highest BCUT2D eigenvalue weighted by molar-refractivity contribution is 5.99. The highest BCUT2D eigenvalue weighted by atomic mass is 16.6. The highest BCUT2D eigenvalue weighted by Crippen LogP contribution is 2.40. The molecule has 1 aromatic rings. The second-order valence-corrected chi connectivity index (χ2v) is 10.3. The summed E-state index contributed by atoms with van der Waals surface area (Å²) in [6.07, 6.45) is 6.36. The molecular formula is C27H40N3O6+. The molecule has 36 heavy (non-hydrogen) atoms. The summed E-state index contributed by atoms with van der Waals surface area (Å²) in [7, 11) is 7.85.